The van der Waals surface area contributed by atoms with Crippen LogP contribution < -0.4 is 15.5 Å². The molecule has 3 rings (SSSR count). The zero-order valence-corrected chi connectivity index (χ0v) is 15.8. The van der Waals surface area contributed by atoms with Gasteiger partial charge < -0.3 is 20.3 Å². The molecule has 26 heavy (non-hydrogen) atoms. The van der Waals surface area contributed by atoms with Gasteiger partial charge in [0.05, 0.1) is 18.1 Å². The predicted molar refractivity (Wildman–Crippen MR) is 106 cm³/mol. The molecule has 0 radical (unpaired) electrons. The molecule has 1 aromatic rings. The second-order valence-corrected chi connectivity index (χ2v) is 6.43. The van der Waals surface area contributed by atoms with Crippen LogP contribution in [-0.2, 0) is 4.74 Å². The monoisotopic (exact) mass is 385 g/mol. The molecule has 0 spiro atoms. The Morgan fingerprint density at radius 2 is 1.92 bits per heavy atom. The van der Waals surface area contributed by atoms with E-state index < -0.39 is 0 Å². The topological polar surface area (TPSA) is 82.9 Å². The molecule has 8 nitrogen and oxygen atoms in total. The average molecular weight is 386 g/mol. The molecule has 9 heteroatoms. The number of nitro benzene ring substituents is 1. The lowest BCUT2D eigenvalue weighted by Gasteiger charge is -2.29. The van der Waals surface area contributed by atoms with E-state index in [-0.39, 0.29) is 23.0 Å². The number of benzene rings is 1. The van der Waals surface area contributed by atoms with Crippen LogP contribution >= 0.6 is 12.4 Å². The number of anilines is 2. The summed E-state index contributed by atoms with van der Waals surface area (Å²) < 4.78 is 5.35. The van der Waals surface area contributed by atoms with Crippen molar-refractivity contribution in [2.45, 2.75) is 6.42 Å². The third kappa shape index (κ3) is 5.70. The average Bonchev–Trinajstić information content (AvgIpc) is 2.66. The van der Waals surface area contributed by atoms with E-state index in [1.807, 2.05) is 12.1 Å². The fourth-order valence-corrected chi connectivity index (χ4v) is 3.30. The lowest BCUT2D eigenvalue weighted by molar-refractivity contribution is -0.383. The highest BCUT2D eigenvalue weighted by molar-refractivity contribution is 5.85. The van der Waals surface area contributed by atoms with Crippen molar-refractivity contribution in [1.82, 2.24) is 10.2 Å². The van der Waals surface area contributed by atoms with E-state index in [0.29, 0.717) is 5.69 Å². The first-order valence-electron chi connectivity index (χ1n) is 9.02. The lowest BCUT2D eigenvalue weighted by atomic mass is 10.2. The molecule has 2 aliphatic heterocycles. The van der Waals surface area contributed by atoms with Gasteiger partial charge in [0, 0.05) is 57.6 Å². The molecule has 2 saturated heterocycles. The Morgan fingerprint density at radius 3 is 2.62 bits per heavy atom. The zero-order chi connectivity index (χ0) is 17.5. The van der Waals surface area contributed by atoms with Crippen molar-refractivity contribution in [3.63, 3.8) is 0 Å². The molecular formula is C17H28ClN5O3. The van der Waals surface area contributed by atoms with E-state index in [1.165, 1.54) is 0 Å². The quantitative estimate of drug-likeness (QED) is 0.418. The van der Waals surface area contributed by atoms with Crippen molar-refractivity contribution in [3.05, 3.63) is 28.3 Å². The summed E-state index contributed by atoms with van der Waals surface area (Å²) >= 11 is 0. The minimum absolute atomic E-state index is 0. The number of halogens is 1. The van der Waals surface area contributed by atoms with Crippen LogP contribution in [0.1, 0.15) is 6.42 Å². The molecule has 2 fully saturated rings. The van der Waals surface area contributed by atoms with Crippen molar-refractivity contribution in [2.24, 2.45) is 0 Å². The molecule has 2 aliphatic rings. The highest BCUT2D eigenvalue weighted by atomic mass is 35.5. The molecule has 0 bridgehead atoms. The molecule has 0 aliphatic carbocycles. The number of piperazine rings is 1. The Kier molecular flexibility index (Phi) is 8.37. The fraction of sp³-hybridized carbons (Fsp3) is 0.647. The number of nitrogens with zero attached hydrogens (tertiary/aromatic N) is 3. The van der Waals surface area contributed by atoms with Crippen LogP contribution in [0.15, 0.2) is 18.2 Å². The SMILES string of the molecule is Cl.O=[N+]([O-])c1ccc(N2CCNCC2)cc1NCCCN1CCOCC1. The van der Waals surface area contributed by atoms with Crippen LogP contribution in [0.4, 0.5) is 17.1 Å². The van der Waals surface area contributed by atoms with Gasteiger partial charge in [-0.3, -0.25) is 15.0 Å². The number of rotatable bonds is 7. The Morgan fingerprint density at radius 1 is 1.19 bits per heavy atom. The Bertz CT molecular complexity index is 578. The summed E-state index contributed by atoms with van der Waals surface area (Å²) in [6.07, 6.45) is 0.953. The number of hydrogen-bond acceptors (Lipinski definition) is 7. The second-order valence-electron chi connectivity index (χ2n) is 6.43. The first-order valence-corrected chi connectivity index (χ1v) is 9.02. The van der Waals surface area contributed by atoms with Gasteiger partial charge in [-0.05, 0) is 25.1 Å². The van der Waals surface area contributed by atoms with E-state index in [9.17, 15) is 10.1 Å². The second kappa shape index (κ2) is 10.5. The number of hydrogen-bond donors (Lipinski definition) is 2. The zero-order valence-electron chi connectivity index (χ0n) is 15.0. The van der Waals surface area contributed by atoms with Gasteiger partial charge in [-0.25, -0.2) is 0 Å². The standard InChI is InChI=1S/C17H27N5O3.ClH/c23-22(24)17-3-2-15(21-8-5-18-6-9-21)14-16(17)19-4-1-7-20-10-12-25-13-11-20;/h2-3,14,18-19H,1,4-13H2;1H. The van der Waals surface area contributed by atoms with E-state index >= 15 is 0 Å². The van der Waals surface area contributed by atoms with Gasteiger partial charge >= 0.3 is 0 Å². The Labute approximate surface area is 160 Å². The summed E-state index contributed by atoms with van der Waals surface area (Å²) in [6, 6.07) is 5.38. The highest BCUT2D eigenvalue weighted by Gasteiger charge is 2.18. The molecular weight excluding hydrogens is 358 g/mol. The van der Waals surface area contributed by atoms with E-state index in [1.54, 1.807) is 6.07 Å². The van der Waals surface area contributed by atoms with Gasteiger partial charge in [0.15, 0.2) is 0 Å². The first kappa shape index (κ1) is 20.7. The maximum atomic E-state index is 11.3. The minimum Gasteiger partial charge on any atom is -0.379 e. The van der Waals surface area contributed by atoms with E-state index in [2.05, 4.69) is 20.4 Å². The summed E-state index contributed by atoms with van der Waals surface area (Å²) in [6.45, 7) is 8.99. The number of nitrogens with one attached hydrogen (secondary N) is 2. The van der Waals surface area contributed by atoms with Crippen LogP contribution in [0.25, 0.3) is 0 Å². The van der Waals surface area contributed by atoms with Crippen molar-refractivity contribution in [1.29, 1.82) is 0 Å². The highest BCUT2D eigenvalue weighted by Crippen LogP contribution is 2.29. The van der Waals surface area contributed by atoms with Gasteiger partial charge in [0.1, 0.15) is 5.69 Å². The third-order valence-corrected chi connectivity index (χ3v) is 4.73. The van der Waals surface area contributed by atoms with Crippen molar-refractivity contribution in [2.75, 3.05) is 75.8 Å². The Balaban J connectivity index is 0.00000243. The summed E-state index contributed by atoms with van der Waals surface area (Å²) in [5, 5.41) is 17.9. The van der Waals surface area contributed by atoms with Crippen molar-refractivity contribution >= 4 is 29.5 Å². The molecule has 2 N–H and O–H groups in total. The van der Waals surface area contributed by atoms with Gasteiger partial charge in [0.25, 0.3) is 5.69 Å². The summed E-state index contributed by atoms with van der Waals surface area (Å²) in [7, 11) is 0. The molecule has 146 valence electrons. The number of morpholine rings is 1. The van der Waals surface area contributed by atoms with Crippen molar-refractivity contribution < 1.29 is 9.66 Å². The number of ether oxygens (including phenoxy) is 1. The summed E-state index contributed by atoms with van der Waals surface area (Å²) in [5.41, 5.74) is 1.80. The largest absolute Gasteiger partial charge is 0.379 e. The van der Waals surface area contributed by atoms with Gasteiger partial charge in [-0.2, -0.15) is 0 Å². The van der Waals surface area contributed by atoms with Crippen LogP contribution in [0.3, 0.4) is 0 Å². The maximum absolute atomic E-state index is 11.3. The predicted octanol–water partition coefficient (Wildman–Crippen LogP) is 1.56. The van der Waals surface area contributed by atoms with Crippen LogP contribution in [0.5, 0.6) is 0 Å². The van der Waals surface area contributed by atoms with Gasteiger partial charge in [-0.15, -0.1) is 12.4 Å². The molecule has 0 unspecified atom stereocenters. The lowest BCUT2D eigenvalue weighted by Crippen LogP contribution is -2.43. The smallest absolute Gasteiger partial charge is 0.292 e. The third-order valence-electron chi connectivity index (χ3n) is 4.73. The molecule has 0 amide bonds. The van der Waals surface area contributed by atoms with Gasteiger partial charge in [-0.1, -0.05) is 0 Å². The molecule has 0 atom stereocenters. The molecule has 0 saturated carbocycles. The summed E-state index contributed by atoms with van der Waals surface area (Å²) in [4.78, 5) is 15.6. The summed E-state index contributed by atoms with van der Waals surface area (Å²) in [5.74, 6) is 0. The van der Waals surface area contributed by atoms with Gasteiger partial charge in [0.2, 0.25) is 0 Å². The maximum Gasteiger partial charge on any atom is 0.292 e. The van der Waals surface area contributed by atoms with Crippen LogP contribution in [0, 0.1) is 10.1 Å². The van der Waals surface area contributed by atoms with Crippen molar-refractivity contribution in [3.8, 4) is 0 Å². The first-order chi connectivity index (χ1) is 12.2. The molecule has 0 aromatic heterocycles. The van der Waals surface area contributed by atoms with E-state index in [0.717, 1.165) is 77.7 Å². The fourth-order valence-electron chi connectivity index (χ4n) is 3.30. The Hall–Kier alpha value is -1.61. The van der Waals surface area contributed by atoms with Crippen LogP contribution in [-0.4, -0.2) is 75.4 Å². The van der Waals surface area contributed by atoms with Crippen LogP contribution in [0.2, 0.25) is 0 Å². The molecule has 1 aromatic carbocycles. The normalized spacial score (nSPS) is 18.2. The molecule has 2 heterocycles. The minimum atomic E-state index is -0.314. The van der Waals surface area contributed by atoms with E-state index in [4.69, 9.17) is 4.74 Å². The number of nitro groups is 1.